The van der Waals surface area contributed by atoms with E-state index in [2.05, 4.69) is 36.8 Å². The first-order valence-corrected chi connectivity index (χ1v) is 18.9. The van der Waals surface area contributed by atoms with Crippen LogP contribution in [0.5, 0.6) is 11.5 Å². The normalized spacial score (nSPS) is 12.2. The fourth-order valence-corrected chi connectivity index (χ4v) is 12.9. The van der Waals surface area contributed by atoms with Crippen LogP contribution in [0.1, 0.15) is 24.0 Å². The Morgan fingerprint density at radius 1 is 0.730 bits per heavy atom. The van der Waals surface area contributed by atoms with E-state index in [0.29, 0.717) is 24.2 Å². The molecule has 2 aromatic carbocycles. The Bertz CT molecular complexity index is 1010. The highest BCUT2D eigenvalue weighted by Gasteiger charge is 2.32. The molecule has 7 nitrogen and oxygen atoms in total. The molecular weight excluding hydrogens is 500 g/mol. The van der Waals surface area contributed by atoms with Gasteiger partial charge in [-0.15, -0.1) is 0 Å². The third-order valence-electron chi connectivity index (χ3n) is 5.76. The summed E-state index contributed by atoms with van der Waals surface area (Å²) in [4.78, 5) is 24.1. The van der Waals surface area contributed by atoms with Crippen LogP contribution in [-0.2, 0) is 13.7 Å². The quantitative estimate of drug-likeness (QED) is 0.148. The van der Waals surface area contributed by atoms with Crippen LogP contribution < -0.4 is 10.6 Å². The Morgan fingerprint density at radius 3 is 1.49 bits per heavy atom. The number of phenolic OH excluding ortho intramolecular Hbond substituents is 2. The van der Waals surface area contributed by atoms with Crippen LogP contribution in [0.4, 0.5) is 0 Å². The minimum Gasteiger partial charge on any atom is -0.507 e. The summed E-state index contributed by atoms with van der Waals surface area (Å²) in [6.45, 7) is 10.0. The van der Waals surface area contributed by atoms with Gasteiger partial charge in [-0.1, -0.05) is 36.4 Å². The number of hydrogen-bond acceptors (Lipinski definition) is 5. The number of benzene rings is 2. The van der Waals surface area contributed by atoms with Gasteiger partial charge >= 0.3 is 0 Å². The SMILES string of the molecule is C[Si](C)(CCCNC(=O)/C=C/c1ccccc1O)O[Si](C)(C)CCCNC(=O)/C=C/c1ccccc1O. The van der Waals surface area contributed by atoms with Gasteiger partial charge in [-0.25, -0.2) is 0 Å². The zero-order chi connectivity index (χ0) is 27.3. The second-order valence-corrected chi connectivity index (χ2v) is 19.1. The summed E-state index contributed by atoms with van der Waals surface area (Å²) in [5.74, 6) is -0.0788. The number of carbonyl (C=O) groups excluding carboxylic acids is 2. The molecular formula is C28H40N2O5Si2. The third kappa shape index (κ3) is 12.1. The Kier molecular flexibility index (Phi) is 11.8. The van der Waals surface area contributed by atoms with Gasteiger partial charge in [-0.3, -0.25) is 9.59 Å². The fourth-order valence-electron chi connectivity index (χ4n) is 4.01. The van der Waals surface area contributed by atoms with Crippen LogP contribution in [0.25, 0.3) is 12.2 Å². The maximum Gasteiger partial charge on any atom is 0.244 e. The molecule has 0 unspecified atom stereocenters. The van der Waals surface area contributed by atoms with Gasteiger partial charge in [-0.05, 0) is 75.4 Å². The zero-order valence-corrected chi connectivity index (χ0v) is 24.3. The van der Waals surface area contributed by atoms with Crippen LogP contribution >= 0.6 is 0 Å². The first-order valence-electron chi connectivity index (χ1n) is 12.7. The molecule has 0 heterocycles. The highest BCUT2D eigenvalue weighted by atomic mass is 28.4. The molecule has 0 fully saturated rings. The molecule has 4 N–H and O–H groups in total. The molecule has 2 aromatic rings. The van der Waals surface area contributed by atoms with Gasteiger partial charge in [0.15, 0.2) is 16.6 Å². The van der Waals surface area contributed by atoms with Crippen molar-refractivity contribution >= 4 is 40.6 Å². The molecule has 0 aromatic heterocycles. The lowest BCUT2D eigenvalue weighted by atomic mass is 10.2. The predicted octanol–water partition coefficient (Wildman–Crippen LogP) is 5.26. The summed E-state index contributed by atoms with van der Waals surface area (Å²) in [7, 11) is -3.78. The smallest absolute Gasteiger partial charge is 0.244 e. The summed E-state index contributed by atoms with van der Waals surface area (Å²) < 4.78 is 6.65. The standard InChI is InChI=1S/C28H40N2O5Si2/c1-36(2,21-9-19-29-27(33)17-15-23-11-5-7-13-25(23)31)35-37(3,4)22-10-20-30-28(34)18-16-24-12-6-8-14-26(24)32/h5-8,11-18,31-32H,9-10,19-22H2,1-4H3,(H,29,33)(H,30,34)/b17-15+,18-16+. The van der Waals surface area contributed by atoms with Crippen molar-refractivity contribution in [3.05, 3.63) is 71.8 Å². The zero-order valence-electron chi connectivity index (χ0n) is 22.3. The molecule has 2 rings (SSSR count). The van der Waals surface area contributed by atoms with Crippen molar-refractivity contribution in [2.24, 2.45) is 0 Å². The van der Waals surface area contributed by atoms with E-state index < -0.39 is 16.6 Å². The van der Waals surface area contributed by atoms with Crippen LogP contribution in [0.2, 0.25) is 38.3 Å². The Labute approximate surface area is 222 Å². The second kappa shape index (κ2) is 14.6. The fraction of sp³-hybridized carbons (Fsp3) is 0.357. The van der Waals surface area contributed by atoms with Crippen molar-refractivity contribution < 1.29 is 23.9 Å². The molecule has 9 heteroatoms. The summed E-state index contributed by atoms with van der Waals surface area (Å²) in [5, 5.41) is 25.3. The van der Waals surface area contributed by atoms with Crippen molar-refractivity contribution in [2.45, 2.75) is 51.1 Å². The molecule has 0 atom stereocenters. The van der Waals surface area contributed by atoms with Crippen LogP contribution in [0.15, 0.2) is 60.7 Å². The highest BCUT2D eigenvalue weighted by molar-refractivity contribution is 6.84. The molecule has 37 heavy (non-hydrogen) atoms. The summed E-state index contributed by atoms with van der Waals surface area (Å²) in [5.41, 5.74) is 1.21. The van der Waals surface area contributed by atoms with Crippen molar-refractivity contribution in [1.82, 2.24) is 10.6 Å². The van der Waals surface area contributed by atoms with Crippen molar-refractivity contribution in [3.63, 3.8) is 0 Å². The van der Waals surface area contributed by atoms with Gasteiger partial charge in [0, 0.05) is 36.4 Å². The second-order valence-electron chi connectivity index (χ2n) is 10.2. The number of hydrogen-bond donors (Lipinski definition) is 4. The minimum atomic E-state index is -1.89. The molecule has 0 saturated carbocycles. The van der Waals surface area contributed by atoms with Crippen LogP contribution in [0, 0.1) is 0 Å². The van der Waals surface area contributed by atoms with Gasteiger partial charge in [-0.2, -0.15) is 0 Å². The van der Waals surface area contributed by atoms with E-state index in [1.165, 1.54) is 12.2 Å². The lowest BCUT2D eigenvalue weighted by molar-refractivity contribution is -0.117. The molecule has 0 radical (unpaired) electrons. The Morgan fingerprint density at radius 2 is 1.11 bits per heavy atom. The third-order valence-corrected chi connectivity index (χ3v) is 13.3. The molecule has 0 aliphatic rings. The van der Waals surface area contributed by atoms with E-state index in [-0.39, 0.29) is 23.3 Å². The van der Waals surface area contributed by atoms with Gasteiger partial charge < -0.3 is 25.0 Å². The van der Waals surface area contributed by atoms with Crippen molar-refractivity contribution in [3.8, 4) is 11.5 Å². The molecule has 0 aliphatic carbocycles. The van der Waals surface area contributed by atoms with E-state index in [0.717, 1.165) is 24.9 Å². The first kappa shape index (κ1) is 30.1. The number of aromatic hydroxyl groups is 2. The van der Waals surface area contributed by atoms with Gasteiger partial charge in [0.1, 0.15) is 11.5 Å². The Hall–Kier alpha value is -3.15. The molecule has 0 bridgehead atoms. The maximum atomic E-state index is 12.1. The summed E-state index contributed by atoms with van der Waals surface area (Å²) in [6, 6.07) is 15.7. The molecule has 0 spiro atoms. The average molecular weight is 541 g/mol. The topological polar surface area (TPSA) is 108 Å². The number of nitrogens with one attached hydrogen (secondary N) is 2. The summed E-state index contributed by atoms with van der Waals surface area (Å²) in [6.07, 6.45) is 7.77. The number of rotatable bonds is 14. The van der Waals surface area contributed by atoms with Gasteiger partial charge in [0.25, 0.3) is 0 Å². The molecule has 200 valence electrons. The first-order chi connectivity index (χ1) is 17.5. The average Bonchev–Trinajstić information content (AvgIpc) is 2.83. The molecule has 2 amide bonds. The predicted molar refractivity (Wildman–Crippen MR) is 155 cm³/mol. The van der Waals surface area contributed by atoms with Crippen molar-refractivity contribution in [2.75, 3.05) is 13.1 Å². The van der Waals surface area contributed by atoms with Gasteiger partial charge in [0.05, 0.1) is 0 Å². The minimum absolute atomic E-state index is 0.145. The monoisotopic (exact) mass is 540 g/mol. The van der Waals surface area contributed by atoms with Crippen LogP contribution in [-0.4, -0.2) is 51.8 Å². The number of carbonyl (C=O) groups is 2. The summed E-state index contributed by atoms with van der Waals surface area (Å²) >= 11 is 0. The van der Waals surface area contributed by atoms with Gasteiger partial charge in [0.2, 0.25) is 11.8 Å². The van der Waals surface area contributed by atoms with E-state index in [1.807, 2.05) is 12.1 Å². The molecule has 0 aliphatic heterocycles. The molecule has 0 saturated heterocycles. The van der Waals surface area contributed by atoms with Crippen LogP contribution in [0.3, 0.4) is 0 Å². The lowest BCUT2D eigenvalue weighted by Crippen LogP contribution is -2.44. The van der Waals surface area contributed by atoms with Crippen molar-refractivity contribution in [1.29, 1.82) is 0 Å². The number of para-hydroxylation sites is 2. The van der Waals surface area contributed by atoms with E-state index >= 15 is 0 Å². The largest absolute Gasteiger partial charge is 0.507 e. The number of amides is 2. The lowest BCUT2D eigenvalue weighted by Gasteiger charge is -2.34. The van der Waals surface area contributed by atoms with E-state index in [4.69, 9.17) is 4.12 Å². The number of phenols is 2. The van der Waals surface area contributed by atoms with E-state index in [1.54, 1.807) is 48.6 Å². The maximum absolute atomic E-state index is 12.1. The van der Waals surface area contributed by atoms with E-state index in [9.17, 15) is 19.8 Å². The Balaban J connectivity index is 1.65. The highest BCUT2D eigenvalue weighted by Crippen LogP contribution is 2.23.